The number of amides is 1. The third-order valence-electron chi connectivity index (χ3n) is 3.74. The molecule has 1 aliphatic rings. The van der Waals surface area contributed by atoms with Crippen molar-refractivity contribution in [3.63, 3.8) is 0 Å². The molecule has 0 saturated carbocycles. The number of likely N-dealkylation sites (tertiary alicyclic amines) is 1. The van der Waals surface area contributed by atoms with E-state index in [4.69, 9.17) is 0 Å². The average molecular weight is 256 g/mol. The highest BCUT2D eigenvalue weighted by Gasteiger charge is 2.40. The Morgan fingerprint density at radius 1 is 1.28 bits per heavy atom. The van der Waals surface area contributed by atoms with Gasteiger partial charge >= 0.3 is 5.97 Å². The highest BCUT2D eigenvalue weighted by Crippen LogP contribution is 2.36. The predicted molar refractivity (Wildman–Crippen MR) is 69.3 cm³/mol. The third-order valence-corrected chi connectivity index (χ3v) is 3.74. The van der Waals surface area contributed by atoms with Gasteiger partial charge in [0.05, 0.1) is 12.0 Å². The predicted octanol–water partition coefficient (Wildman–Crippen LogP) is 1.09. The number of carboxylic acid groups (broad SMARTS) is 1. The highest BCUT2D eigenvalue weighted by molar-refractivity contribution is 5.78. The number of carbonyl (C=O) groups excluding carboxylic acids is 1. The lowest BCUT2D eigenvalue weighted by Gasteiger charge is -2.38. The zero-order valence-electron chi connectivity index (χ0n) is 11.4. The quantitative estimate of drug-likeness (QED) is 0.746. The molecule has 1 heterocycles. The van der Waals surface area contributed by atoms with Crippen LogP contribution in [0.5, 0.6) is 0 Å². The number of nitrogens with zero attached hydrogens (tertiary/aromatic N) is 1. The first-order valence-corrected chi connectivity index (χ1v) is 6.76. The zero-order chi connectivity index (χ0) is 13.6. The molecule has 5 nitrogen and oxygen atoms in total. The summed E-state index contributed by atoms with van der Waals surface area (Å²) in [7, 11) is 0. The zero-order valence-corrected chi connectivity index (χ0v) is 11.4. The van der Waals surface area contributed by atoms with Gasteiger partial charge in [0, 0.05) is 6.54 Å². The van der Waals surface area contributed by atoms with Crippen LogP contribution in [0.1, 0.15) is 39.5 Å². The van der Waals surface area contributed by atoms with Crippen molar-refractivity contribution in [3.05, 3.63) is 0 Å². The van der Waals surface area contributed by atoms with E-state index < -0.39 is 11.4 Å². The van der Waals surface area contributed by atoms with E-state index >= 15 is 0 Å². The van der Waals surface area contributed by atoms with Crippen LogP contribution in [-0.4, -0.2) is 48.1 Å². The molecule has 0 aliphatic carbocycles. The minimum absolute atomic E-state index is 0.0239. The molecule has 5 heteroatoms. The van der Waals surface area contributed by atoms with Gasteiger partial charge in [-0.05, 0) is 39.3 Å². The van der Waals surface area contributed by atoms with E-state index in [0.29, 0.717) is 39.0 Å². The molecule has 2 N–H and O–H groups in total. The second-order valence-corrected chi connectivity index (χ2v) is 5.07. The first-order chi connectivity index (χ1) is 8.54. The van der Waals surface area contributed by atoms with E-state index in [1.165, 1.54) is 0 Å². The summed E-state index contributed by atoms with van der Waals surface area (Å²) in [5.74, 6) is -0.655. The summed E-state index contributed by atoms with van der Waals surface area (Å²) in [6.45, 7) is 6.33. The van der Waals surface area contributed by atoms with Crippen molar-refractivity contribution in [2.75, 3.05) is 26.2 Å². The Balaban J connectivity index is 2.48. The molecule has 104 valence electrons. The maximum atomic E-state index is 11.5. The molecule has 0 aromatic heterocycles. The molecule has 1 saturated heterocycles. The van der Waals surface area contributed by atoms with Gasteiger partial charge in [-0.25, -0.2) is 0 Å². The van der Waals surface area contributed by atoms with Crippen molar-refractivity contribution < 1.29 is 14.7 Å². The largest absolute Gasteiger partial charge is 0.481 e. The Kier molecular flexibility index (Phi) is 5.59. The molecule has 0 aromatic rings. The van der Waals surface area contributed by atoms with Crippen LogP contribution in [0.4, 0.5) is 0 Å². The van der Waals surface area contributed by atoms with Crippen LogP contribution in [-0.2, 0) is 9.59 Å². The standard InChI is InChI=1S/C13H24N2O3/c1-3-5-13(12(17)18)6-8-15(9-7-13)10-11(16)14-4-2/h3-10H2,1-2H3,(H,14,16)(H,17,18). The Hall–Kier alpha value is -1.10. The first-order valence-electron chi connectivity index (χ1n) is 6.76. The summed E-state index contributed by atoms with van der Waals surface area (Å²) >= 11 is 0. The minimum atomic E-state index is -0.679. The molecule has 1 fully saturated rings. The highest BCUT2D eigenvalue weighted by atomic mass is 16.4. The van der Waals surface area contributed by atoms with Crippen LogP contribution in [0.15, 0.2) is 0 Å². The normalized spacial score (nSPS) is 19.4. The van der Waals surface area contributed by atoms with E-state index in [2.05, 4.69) is 5.32 Å². The number of piperidine rings is 1. The molecule has 0 spiro atoms. The molecule has 0 radical (unpaired) electrons. The van der Waals surface area contributed by atoms with Gasteiger partial charge in [-0.1, -0.05) is 13.3 Å². The van der Waals surface area contributed by atoms with Crippen molar-refractivity contribution in [2.45, 2.75) is 39.5 Å². The monoisotopic (exact) mass is 256 g/mol. The molecule has 1 rings (SSSR count). The second-order valence-electron chi connectivity index (χ2n) is 5.07. The molecular weight excluding hydrogens is 232 g/mol. The van der Waals surface area contributed by atoms with E-state index in [1.54, 1.807) is 0 Å². The number of rotatable bonds is 6. The molecule has 18 heavy (non-hydrogen) atoms. The summed E-state index contributed by atoms with van der Waals surface area (Å²) in [6.07, 6.45) is 2.92. The van der Waals surface area contributed by atoms with Gasteiger partial charge in [0.25, 0.3) is 0 Å². The SMILES string of the molecule is CCCC1(C(=O)O)CCN(CC(=O)NCC)CC1. The number of nitrogens with one attached hydrogen (secondary N) is 1. The Bertz CT molecular complexity index is 297. The van der Waals surface area contributed by atoms with Crippen molar-refractivity contribution in [2.24, 2.45) is 5.41 Å². The van der Waals surface area contributed by atoms with Crippen LogP contribution in [0, 0.1) is 5.41 Å². The maximum Gasteiger partial charge on any atom is 0.309 e. The number of carbonyl (C=O) groups is 2. The van der Waals surface area contributed by atoms with Gasteiger partial charge in [0.2, 0.25) is 5.91 Å². The van der Waals surface area contributed by atoms with Crippen LogP contribution in [0.3, 0.4) is 0 Å². The molecule has 0 aromatic carbocycles. The molecule has 1 amide bonds. The lowest BCUT2D eigenvalue weighted by atomic mass is 9.75. The number of likely N-dealkylation sites (N-methyl/N-ethyl adjacent to an activating group) is 1. The van der Waals surface area contributed by atoms with Crippen LogP contribution in [0.25, 0.3) is 0 Å². The fraction of sp³-hybridized carbons (Fsp3) is 0.846. The van der Waals surface area contributed by atoms with Gasteiger partial charge in [-0.15, -0.1) is 0 Å². The third kappa shape index (κ3) is 3.70. The molecule has 0 atom stereocenters. The first kappa shape index (κ1) is 15.0. The van der Waals surface area contributed by atoms with Crippen molar-refractivity contribution in [1.82, 2.24) is 10.2 Å². The maximum absolute atomic E-state index is 11.5. The van der Waals surface area contributed by atoms with Gasteiger partial charge < -0.3 is 10.4 Å². The smallest absolute Gasteiger partial charge is 0.309 e. The second kappa shape index (κ2) is 6.73. The summed E-state index contributed by atoms with van der Waals surface area (Å²) in [6, 6.07) is 0. The van der Waals surface area contributed by atoms with E-state index in [-0.39, 0.29) is 5.91 Å². The summed E-state index contributed by atoms with van der Waals surface area (Å²) in [5, 5.41) is 12.1. The molecule has 0 bridgehead atoms. The van der Waals surface area contributed by atoms with E-state index in [0.717, 1.165) is 12.8 Å². The van der Waals surface area contributed by atoms with Crippen molar-refractivity contribution >= 4 is 11.9 Å². The number of hydrogen-bond acceptors (Lipinski definition) is 3. The van der Waals surface area contributed by atoms with E-state index in [9.17, 15) is 14.7 Å². The summed E-state index contributed by atoms with van der Waals surface area (Å²) in [4.78, 5) is 24.9. The van der Waals surface area contributed by atoms with Crippen molar-refractivity contribution in [3.8, 4) is 0 Å². The lowest BCUT2D eigenvalue weighted by Crippen LogP contribution is -2.47. The van der Waals surface area contributed by atoms with Crippen LogP contribution >= 0.6 is 0 Å². The Morgan fingerprint density at radius 3 is 2.33 bits per heavy atom. The van der Waals surface area contributed by atoms with Gasteiger partial charge in [-0.3, -0.25) is 14.5 Å². The van der Waals surface area contributed by atoms with Gasteiger partial charge in [0.1, 0.15) is 0 Å². The molecule has 0 unspecified atom stereocenters. The van der Waals surface area contributed by atoms with Crippen molar-refractivity contribution in [1.29, 1.82) is 0 Å². The fourth-order valence-corrected chi connectivity index (χ4v) is 2.64. The fourth-order valence-electron chi connectivity index (χ4n) is 2.64. The van der Waals surface area contributed by atoms with E-state index in [1.807, 2.05) is 18.7 Å². The van der Waals surface area contributed by atoms with Gasteiger partial charge in [-0.2, -0.15) is 0 Å². The topological polar surface area (TPSA) is 69.6 Å². The molecular formula is C13H24N2O3. The van der Waals surface area contributed by atoms with Gasteiger partial charge in [0.15, 0.2) is 0 Å². The number of hydrogen-bond donors (Lipinski definition) is 2. The minimum Gasteiger partial charge on any atom is -0.481 e. The summed E-state index contributed by atoms with van der Waals surface area (Å²) in [5.41, 5.74) is -0.563. The van der Waals surface area contributed by atoms with Crippen LogP contribution in [0.2, 0.25) is 0 Å². The lowest BCUT2D eigenvalue weighted by molar-refractivity contribution is -0.152. The van der Waals surface area contributed by atoms with Crippen LogP contribution < -0.4 is 5.32 Å². The average Bonchev–Trinajstić information content (AvgIpc) is 2.32. The Morgan fingerprint density at radius 2 is 1.89 bits per heavy atom. The Labute approximate surface area is 109 Å². The summed E-state index contributed by atoms with van der Waals surface area (Å²) < 4.78 is 0. The number of carboxylic acids is 1. The molecule has 1 aliphatic heterocycles. The number of aliphatic carboxylic acids is 1.